The van der Waals surface area contributed by atoms with E-state index in [2.05, 4.69) is 23.4 Å². The Morgan fingerprint density at radius 2 is 1.89 bits per heavy atom. The third-order valence-corrected chi connectivity index (χ3v) is 7.52. The second kappa shape index (κ2) is 14.5. The van der Waals surface area contributed by atoms with Crippen molar-refractivity contribution in [2.75, 3.05) is 32.9 Å². The summed E-state index contributed by atoms with van der Waals surface area (Å²) in [5, 5.41) is 33.9. The third kappa shape index (κ3) is 8.18. The van der Waals surface area contributed by atoms with Gasteiger partial charge in [0.15, 0.2) is 0 Å². The lowest BCUT2D eigenvalue weighted by Gasteiger charge is -2.40. The van der Waals surface area contributed by atoms with Crippen molar-refractivity contribution in [2.24, 2.45) is 0 Å². The number of aryl methyl sites for hydroxylation is 1. The molecule has 1 heterocycles. The van der Waals surface area contributed by atoms with Crippen LogP contribution in [0.2, 0.25) is 0 Å². The van der Waals surface area contributed by atoms with Gasteiger partial charge in [0.2, 0.25) is 5.91 Å². The molecule has 2 aromatic carbocycles. The van der Waals surface area contributed by atoms with Crippen LogP contribution in [0.4, 0.5) is 0 Å². The summed E-state index contributed by atoms with van der Waals surface area (Å²) in [5.41, 5.74) is 4.49. The number of carbonyl (C=O) groups is 1. The number of ether oxygens (including phenoxy) is 1. The zero-order valence-electron chi connectivity index (χ0n) is 22.2. The summed E-state index contributed by atoms with van der Waals surface area (Å²) in [4.78, 5) is 14.0. The van der Waals surface area contributed by atoms with Gasteiger partial charge in [-0.1, -0.05) is 60.5 Å². The molecule has 0 radical (unpaired) electrons. The highest BCUT2D eigenvalue weighted by Crippen LogP contribution is 2.36. The number of thioether (sulfide) groups is 1. The molecule has 1 aliphatic rings. The second-order valence-electron chi connectivity index (χ2n) is 9.64. The quantitative estimate of drug-likeness (QED) is 0.326. The zero-order chi connectivity index (χ0) is 27.7. The number of benzene rings is 2. The lowest BCUT2D eigenvalue weighted by molar-refractivity contribution is -0.200. The highest BCUT2D eigenvalue weighted by atomic mass is 32.2. The molecule has 4 N–H and O–H groups in total. The average Bonchev–Trinajstić information content (AvgIpc) is 2.90. The highest BCUT2D eigenvalue weighted by Gasteiger charge is 2.44. The summed E-state index contributed by atoms with van der Waals surface area (Å²) in [6, 6.07) is 14.0. The van der Waals surface area contributed by atoms with Gasteiger partial charge in [0, 0.05) is 19.5 Å². The maximum absolute atomic E-state index is 12.0. The average molecular weight is 539 g/mol. The molecule has 0 bridgehead atoms. The van der Waals surface area contributed by atoms with E-state index in [1.54, 1.807) is 6.26 Å². The predicted molar refractivity (Wildman–Crippen MR) is 153 cm³/mol. The van der Waals surface area contributed by atoms with Crippen LogP contribution in [-0.4, -0.2) is 82.8 Å². The number of terminal acetylenes is 1. The van der Waals surface area contributed by atoms with E-state index < -0.39 is 29.9 Å². The Morgan fingerprint density at radius 1 is 1.16 bits per heavy atom. The zero-order valence-corrected chi connectivity index (χ0v) is 23.0. The van der Waals surface area contributed by atoms with Gasteiger partial charge in [-0.3, -0.25) is 9.69 Å². The molecule has 5 atom stereocenters. The van der Waals surface area contributed by atoms with Crippen molar-refractivity contribution in [1.29, 1.82) is 0 Å². The topological polar surface area (TPSA) is 102 Å². The molecule has 7 nitrogen and oxygen atoms in total. The number of aliphatic hydroxyl groups is 3. The lowest BCUT2D eigenvalue weighted by Crippen LogP contribution is -2.52. The number of carbonyl (C=O) groups excluding carboxylic acids is 1. The number of aliphatic hydroxyl groups excluding tert-OH is 3. The Hall–Kier alpha value is -2.64. The number of nitrogens with zero attached hydrogens (tertiary/aromatic N) is 1. The summed E-state index contributed by atoms with van der Waals surface area (Å²) >= 11 is 1.30. The van der Waals surface area contributed by atoms with Crippen molar-refractivity contribution in [1.82, 2.24) is 10.2 Å². The van der Waals surface area contributed by atoms with Gasteiger partial charge in [-0.2, -0.15) is 0 Å². The van der Waals surface area contributed by atoms with E-state index in [9.17, 15) is 20.1 Å². The van der Waals surface area contributed by atoms with Crippen molar-refractivity contribution in [3.8, 4) is 12.3 Å². The summed E-state index contributed by atoms with van der Waals surface area (Å²) in [6.45, 7) is 3.87. The van der Waals surface area contributed by atoms with Crippen LogP contribution in [-0.2, 0) is 16.0 Å². The molecule has 1 aliphatic heterocycles. The molecular formula is C30H38N2O5S. The van der Waals surface area contributed by atoms with E-state index in [1.807, 2.05) is 61.4 Å². The van der Waals surface area contributed by atoms with Crippen LogP contribution >= 0.6 is 11.8 Å². The number of hydrogen-bond acceptors (Lipinski definition) is 7. The van der Waals surface area contributed by atoms with Crippen LogP contribution in [0.3, 0.4) is 0 Å². The van der Waals surface area contributed by atoms with Gasteiger partial charge in [-0.05, 0) is 54.5 Å². The van der Waals surface area contributed by atoms with Gasteiger partial charge in [0.05, 0.1) is 6.54 Å². The van der Waals surface area contributed by atoms with E-state index in [0.29, 0.717) is 32.5 Å². The van der Waals surface area contributed by atoms with Crippen molar-refractivity contribution in [2.45, 2.75) is 49.6 Å². The molecule has 1 fully saturated rings. The molecule has 0 aliphatic carbocycles. The van der Waals surface area contributed by atoms with Crippen molar-refractivity contribution in [3.63, 3.8) is 0 Å². The smallest absolute Gasteiger partial charge is 0.223 e. The van der Waals surface area contributed by atoms with Crippen molar-refractivity contribution >= 4 is 23.7 Å². The minimum Gasteiger partial charge on any atom is -0.387 e. The van der Waals surface area contributed by atoms with E-state index in [1.165, 1.54) is 11.8 Å². The van der Waals surface area contributed by atoms with Crippen LogP contribution in [0.5, 0.6) is 0 Å². The number of nitrogens with one attached hydrogen (secondary N) is 1. The molecule has 0 saturated carbocycles. The van der Waals surface area contributed by atoms with Crippen LogP contribution in [0.25, 0.3) is 6.08 Å². The molecular weight excluding hydrogens is 500 g/mol. The van der Waals surface area contributed by atoms with Gasteiger partial charge in [-0.25, -0.2) is 0 Å². The minimum atomic E-state index is -1.27. The molecule has 8 heteroatoms. The fourth-order valence-corrected chi connectivity index (χ4v) is 5.01. The normalized spacial score (nSPS) is 23.5. The van der Waals surface area contributed by atoms with Gasteiger partial charge in [-0.15, -0.1) is 18.2 Å². The van der Waals surface area contributed by atoms with E-state index in [-0.39, 0.29) is 5.91 Å². The van der Waals surface area contributed by atoms with Gasteiger partial charge < -0.3 is 25.4 Å². The largest absolute Gasteiger partial charge is 0.387 e. The van der Waals surface area contributed by atoms with Crippen molar-refractivity contribution < 1.29 is 24.9 Å². The van der Waals surface area contributed by atoms with Crippen LogP contribution < -0.4 is 5.32 Å². The predicted octanol–water partition coefficient (Wildman–Crippen LogP) is 2.51. The number of rotatable bonds is 11. The van der Waals surface area contributed by atoms with Crippen molar-refractivity contribution in [3.05, 3.63) is 76.4 Å². The number of hydrogen-bond donors (Lipinski definition) is 4. The van der Waals surface area contributed by atoms with Gasteiger partial charge >= 0.3 is 0 Å². The molecule has 3 rings (SSSR count). The monoisotopic (exact) mass is 538 g/mol. The van der Waals surface area contributed by atoms with Gasteiger partial charge in [0.25, 0.3) is 0 Å². The van der Waals surface area contributed by atoms with Crippen LogP contribution in [0.15, 0.2) is 48.5 Å². The minimum absolute atomic E-state index is 0.0275. The van der Waals surface area contributed by atoms with Crippen LogP contribution in [0, 0.1) is 19.3 Å². The fourth-order valence-electron chi connectivity index (χ4n) is 4.34. The first-order chi connectivity index (χ1) is 18.2. The summed E-state index contributed by atoms with van der Waals surface area (Å²) in [7, 11) is 1.92. The van der Waals surface area contributed by atoms with E-state index >= 15 is 0 Å². The second-order valence-corrected chi connectivity index (χ2v) is 10.6. The third-order valence-electron chi connectivity index (χ3n) is 6.67. The Kier molecular flexibility index (Phi) is 11.4. The molecule has 38 heavy (non-hydrogen) atoms. The molecule has 1 saturated heterocycles. The maximum Gasteiger partial charge on any atom is 0.223 e. The number of likely N-dealkylation sites (N-methyl/N-ethyl adjacent to an activating group) is 1. The first-order valence-corrected chi connectivity index (χ1v) is 14.0. The first kappa shape index (κ1) is 29.9. The standard InChI is InChI=1S/C30H38N2O5S/c1-5-16-32(3)17-15-31-25(33)8-6-7-21-10-12-22(13-11-21)18-24-19-23(14-9-20(24)2)29-27(35)26(34)28(36)30(37-29)38-4/h1,6-7,9-14,19,26-30,34-36H,8,15-18H2,2-4H3,(H,31,33)/b7-6+/t26-,27-,28+,29+,30-/m1/s1. The summed E-state index contributed by atoms with van der Waals surface area (Å²) in [6.07, 6.45) is 7.51. The molecule has 0 unspecified atom stereocenters. The number of amides is 1. The van der Waals surface area contributed by atoms with E-state index in [4.69, 9.17) is 11.2 Å². The molecule has 0 spiro atoms. The Labute approximate surface area is 229 Å². The van der Waals surface area contributed by atoms with Gasteiger partial charge in [0.1, 0.15) is 29.9 Å². The van der Waals surface area contributed by atoms with E-state index in [0.717, 1.165) is 27.8 Å². The SMILES string of the molecule is C#CCN(C)CCNC(=O)C/C=C/c1ccc(Cc2cc([C@@H]3O[C@H](SC)[C@@H](O)[C@H](O)[C@H]3O)ccc2C)cc1. The Bertz CT molecular complexity index is 1130. The van der Waals surface area contributed by atoms with Crippen LogP contribution in [0.1, 0.15) is 40.3 Å². The fraction of sp³-hybridized carbons (Fsp3) is 0.433. The molecule has 0 aromatic heterocycles. The molecule has 1 amide bonds. The summed E-state index contributed by atoms with van der Waals surface area (Å²) in [5.74, 6) is 2.55. The highest BCUT2D eigenvalue weighted by molar-refractivity contribution is 7.99. The Balaban J connectivity index is 1.58. The summed E-state index contributed by atoms with van der Waals surface area (Å²) < 4.78 is 5.93. The first-order valence-electron chi connectivity index (χ1n) is 12.7. The lowest BCUT2D eigenvalue weighted by atomic mass is 9.91. The molecule has 2 aromatic rings. The molecule has 204 valence electrons. The maximum atomic E-state index is 12.0. The Morgan fingerprint density at radius 3 is 2.58 bits per heavy atom.